The first-order valence-corrected chi connectivity index (χ1v) is 6.76. The summed E-state index contributed by atoms with van der Waals surface area (Å²) in [6.45, 7) is 3.79. The zero-order valence-corrected chi connectivity index (χ0v) is 9.53. The zero-order valence-electron chi connectivity index (χ0n) is 8.72. The van der Waals surface area contributed by atoms with Crippen molar-refractivity contribution in [2.75, 3.05) is 18.6 Å². The molecule has 15 heavy (non-hydrogen) atoms. The number of amides is 1. The van der Waals surface area contributed by atoms with Gasteiger partial charge in [-0.25, -0.2) is 8.42 Å². The predicted molar refractivity (Wildman–Crippen MR) is 58.0 cm³/mol. The summed E-state index contributed by atoms with van der Waals surface area (Å²) in [4.78, 5) is 12.9. The maximum atomic E-state index is 11.4. The highest BCUT2D eigenvalue weighted by molar-refractivity contribution is 7.90. The van der Waals surface area contributed by atoms with Gasteiger partial charge in [0.05, 0.1) is 5.75 Å². The molecule has 0 aromatic heterocycles. The van der Waals surface area contributed by atoms with Crippen LogP contribution >= 0.6 is 0 Å². The van der Waals surface area contributed by atoms with Crippen molar-refractivity contribution in [1.82, 2.24) is 4.90 Å². The predicted octanol–water partition coefficient (Wildman–Crippen LogP) is -0.855. The second-order valence-corrected chi connectivity index (χ2v) is 6.12. The minimum atomic E-state index is -3.09. The molecule has 0 aromatic rings. The molecule has 0 aromatic carbocycles. The summed E-state index contributed by atoms with van der Waals surface area (Å²) in [5.74, 6) is -0.281. The third-order valence-corrected chi connectivity index (χ3v) is 3.39. The Morgan fingerprint density at radius 3 is 2.73 bits per heavy atom. The van der Waals surface area contributed by atoms with Crippen LogP contribution in [0.1, 0.15) is 6.42 Å². The molecule has 0 unspecified atom stereocenters. The van der Waals surface area contributed by atoms with Crippen molar-refractivity contribution >= 4 is 15.7 Å². The van der Waals surface area contributed by atoms with Gasteiger partial charge in [-0.2, -0.15) is 0 Å². The summed E-state index contributed by atoms with van der Waals surface area (Å²) in [6.07, 6.45) is 2.88. The second kappa shape index (κ2) is 4.32. The number of hydrogen-bond acceptors (Lipinski definition) is 4. The van der Waals surface area contributed by atoms with Gasteiger partial charge in [0.2, 0.25) is 5.91 Å². The van der Waals surface area contributed by atoms with Crippen molar-refractivity contribution in [2.45, 2.75) is 18.5 Å². The van der Waals surface area contributed by atoms with Crippen LogP contribution in [0.4, 0.5) is 0 Å². The second-order valence-electron chi connectivity index (χ2n) is 3.94. The minimum Gasteiger partial charge on any atom is -0.334 e. The van der Waals surface area contributed by atoms with Crippen molar-refractivity contribution in [3.63, 3.8) is 0 Å². The maximum absolute atomic E-state index is 11.4. The van der Waals surface area contributed by atoms with E-state index in [1.54, 1.807) is 0 Å². The fourth-order valence-electron chi connectivity index (χ4n) is 1.85. The summed E-state index contributed by atoms with van der Waals surface area (Å²) >= 11 is 0. The quantitative estimate of drug-likeness (QED) is 0.642. The Labute approximate surface area is 89.8 Å². The molecule has 1 aliphatic heterocycles. The van der Waals surface area contributed by atoms with Gasteiger partial charge in [0.1, 0.15) is 9.84 Å². The van der Waals surface area contributed by atoms with Crippen LogP contribution in [0.5, 0.6) is 0 Å². The number of hydrogen-bond donors (Lipinski definition) is 1. The SMILES string of the molecule is C=CC(=O)N1C[C@@H](N)C[C@@H]1CS(C)(=O)=O. The fourth-order valence-corrected chi connectivity index (χ4v) is 2.86. The monoisotopic (exact) mass is 232 g/mol. The number of rotatable bonds is 3. The molecule has 5 nitrogen and oxygen atoms in total. The lowest BCUT2D eigenvalue weighted by Crippen LogP contribution is -2.38. The van der Waals surface area contributed by atoms with E-state index in [1.165, 1.54) is 11.0 Å². The lowest BCUT2D eigenvalue weighted by molar-refractivity contribution is -0.126. The largest absolute Gasteiger partial charge is 0.334 e. The van der Waals surface area contributed by atoms with Gasteiger partial charge in [-0.3, -0.25) is 4.79 Å². The molecule has 1 saturated heterocycles. The number of likely N-dealkylation sites (tertiary alicyclic amines) is 1. The van der Waals surface area contributed by atoms with Crippen LogP contribution in [-0.2, 0) is 14.6 Å². The van der Waals surface area contributed by atoms with E-state index in [-0.39, 0.29) is 23.7 Å². The van der Waals surface area contributed by atoms with Crippen LogP contribution in [0, 0.1) is 0 Å². The summed E-state index contributed by atoms with van der Waals surface area (Å²) in [6, 6.07) is -0.443. The molecule has 1 aliphatic rings. The van der Waals surface area contributed by atoms with Crippen molar-refractivity contribution < 1.29 is 13.2 Å². The Bertz CT molecular complexity index is 364. The van der Waals surface area contributed by atoms with Crippen LogP contribution in [0.15, 0.2) is 12.7 Å². The van der Waals surface area contributed by atoms with Gasteiger partial charge < -0.3 is 10.6 Å². The van der Waals surface area contributed by atoms with Gasteiger partial charge in [0, 0.05) is 24.9 Å². The van der Waals surface area contributed by atoms with Gasteiger partial charge in [-0.15, -0.1) is 0 Å². The smallest absolute Gasteiger partial charge is 0.246 e. The molecule has 1 rings (SSSR count). The number of nitrogens with two attached hydrogens (primary N) is 1. The topological polar surface area (TPSA) is 80.5 Å². The number of carbonyl (C=O) groups excluding carboxylic acids is 1. The minimum absolute atomic E-state index is 0.0275. The molecule has 0 spiro atoms. The van der Waals surface area contributed by atoms with Crippen LogP contribution < -0.4 is 5.73 Å². The van der Waals surface area contributed by atoms with E-state index in [0.717, 1.165) is 6.26 Å². The van der Waals surface area contributed by atoms with E-state index in [2.05, 4.69) is 6.58 Å². The molecule has 1 heterocycles. The molecule has 0 saturated carbocycles. The van der Waals surface area contributed by atoms with Crippen molar-refractivity contribution in [1.29, 1.82) is 0 Å². The van der Waals surface area contributed by atoms with E-state index < -0.39 is 9.84 Å². The molecular formula is C9H16N2O3S. The van der Waals surface area contributed by atoms with Gasteiger partial charge in [0.15, 0.2) is 0 Å². The third-order valence-electron chi connectivity index (χ3n) is 2.40. The first-order chi connectivity index (χ1) is 6.83. The van der Waals surface area contributed by atoms with Crippen molar-refractivity contribution in [3.8, 4) is 0 Å². The van der Waals surface area contributed by atoms with Crippen molar-refractivity contribution in [3.05, 3.63) is 12.7 Å². The Kier molecular flexibility index (Phi) is 3.51. The molecule has 6 heteroatoms. The Hall–Kier alpha value is -0.880. The summed E-state index contributed by atoms with van der Waals surface area (Å²) in [5.41, 5.74) is 5.70. The third kappa shape index (κ3) is 3.32. The Morgan fingerprint density at radius 2 is 2.27 bits per heavy atom. The summed E-state index contributed by atoms with van der Waals surface area (Å²) in [7, 11) is -3.09. The van der Waals surface area contributed by atoms with E-state index in [1.807, 2.05) is 0 Å². The van der Waals surface area contributed by atoms with Gasteiger partial charge >= 0.3 is 0 Å². The first kappa shape index (κ1) is 12.2. The van der Waals surface area contributed by atoms with Crippen LogP contribution in [0.25, 0.3) is 0 Å². The molecule has 2 N–H and O–H groups in total. The van der Waals surface area contributed by atoms with Crippen LogP contribution in [-0.4, -0.2) is 49.9 Å². The zero-order chi connectivity index (χ0) is 11.6. The van der Waals surface area contributed by atoms with Crippen molar-refractivity contribution in [2.24, 2.45) is 5.73 Å². The van der Waals surface area contributed by atoms with E-state index >= 15 is 0 Å². The summed E-state index contributed by atoms with van der Waals surface area (Å²) in [5, 5.41) is 0. The van der Waals surface area contributed by atoms with E-state index in [0.29, 0.717) is 13.0 Å². The normalized spacial score (nSPS) is 26.7. The highest BCUT2D eigenvalue weighted by Gasteiger charge is 2.34. The summed E-state index contributed by atoms with van der Waals surface area (Å²) < 4.78 is 22.3. The maximum Gasteiger partial charge on any atom is 0.246 e. The molecule has 1 amide bonds. The fraction of sp³-hybridized carbons (Fsp3) is 0.667. The molecule has 1 fully saturated rings. The molecule has 0 radical (unpaired) electrons. The van der Waals surface area contributed by atoms with E-state index in [9.17, 15) is 13.2 Å². The standard InChI is InChI=1S/C9H16N2O3S/c1-3-9(12)11-5-7(10)4-8(11)6-15(2,13)14/h3,7-8H,1,4-6,10H2,2H3/t7-,8+/m0/s1. The molecule has 86 valence electrons. The van der Waals surface area contributed by atoms with Gasteiger partial charge in [0.25, 0.3) is 0 Å². The highest BCUT2D eigenvalue weighted by Crippen LogP contribution is 2.18. The number of sulfone groups is 1. The number of nitrogens with zero attached hydrogens (tertiary/aromatic N) is 1. The number of carbonyl (C=O) groups is 1. The van der Waals surface area contributed by atoms with Gasteiger partial charge in [-0.05, 0) is 12.5 Å². The average molecular weight is 232 g/mol. The molecule has 0 bridgehead atoms. The average Bonchev–Trinajstić information content (AvgIpc) is 2.42. The highest BCUT2D eigenvalue weighted by atomic mass is 32.2. The molecule has 0 aliphatic carbocycles. The van der Waals surface area contributed by atoms with Gasteiger partial charge in [-0.1, -0.05) is 6.58 Å². The van der Waals surface area contributed by atoms with Crippen LogP contribution in [0.3, 0.4) is 0 Å². The van der Waals surface area contributed by atoms with E-state index in [4.69, 9.17) is 5.73 Å². The lowest BCUT2D eigenvalue weighted by Gasteiger charge is -2.22. The van der Waals surface area contributed by atoms with Crippen LogP contribution in [0.2, 0.25) is 0 Å². The Balaban J connectivity index is 2.77. The molecular weight excluding hydrogens is 216 g/mol. The molecule has 2 atom stereocenters. The lowest BCUT2D eigenvalue weighted by atomic mass is 10.2. The Morgan fingerprint density at radius 1 is 1.67 bits per heavy atom. The first-order valence-electron chi connectivity index (χ1n) is 4.70.